The molecule has 0 fully saturated rings. The topological polar surface area (TPSA) is 57.6 Å². The maximum Gasteiger partial charge on any atom is 0.262 e. The maximum atomic E-state index is 12.0. The van der Waals surface area contributed by atoms with Crippen LogP contribution in [-0.2, 0) is 0 Å². The van der Waals surface area contributed by atoms with Gasteiger partial charge in [0.2, 0.25) is 0 Å². The van der Waals surface area contributed by atoms with Crippen molar-refractivity contribution in [2.75, 3.05) is 18.2 Å². The second-order valence-electron chi connectivity index (χ2n) is 4.37. The van der Waals surface area contributed by atoms with Crippen molar-refractivity contribution in [2.45, 2.75) is 6.92 Å². The summed E-state index contributed by atoms with van der Waals surface area (Å²) in [5.74, 6) is 0.797. The Morgan fingerprint density at radius 2 is 1.78 bits per heavy atom. The van der Waals surface area contributed by atoms with Crippen LogP contribution in [0.4, 0.5) is 0 Å². The van der Waals surface area contributed by atoms with Crippen molar-refractivity contribution in [3.05, 3.63) is 35.4 Å². The molecule has 1 heterocycles. The normalized spacial score (nSPS) is 16.0. The van der Waals surface area contributed by atoms with Crippen molar-refractivity contribution >= 4 is 23.6 Å². The molecule has 1 aromatic rings. The average Bonchev–Trinajstić information content (AvgIpc) is 2.64. The van der Waals surface area contributed by atoms with Gasteiger partial charge >= 0.3 is 0 Å². The molecule has 96 valence electrons. The molecule has 1 aliphatic heterocycles. The van der Waals surface area contributed by atoms with Crippen molar-refractivity contribution in [2.24, 2.45) is 5.92 Å². The Morgan fingerprint density at radius 3 is 2.28 bits per heavy atom. The van der Waals surface area contributed by atoms with Gasteiger partial charge in [-0.3, -0.25) is 14.5 Å². The zero-order valence-corrected chi connectivity index (χ0v) is 10.9. The molecule has 18 heavy (non-hydrogen) atoms. The van der Waals surface area contributed by atoms with E-state index in [4.69, 9.17) is 5.11 Å². The van der Waals surface area contributed by atoms with E-state index in [1.165, 1.54) is 16.7 Å². The largest absolute Gasteiger partial charge is 0.396 e. The SMILES string of the molecule is CC(CO)CSCN1C(=O)c2ccccc2C1=O. The monoisotopic (exact) mass is 265 g/mol. The van der Waals surface area contributed by atoms with Crippen molar-refractivity contribution in [1.82, 2.24) is 4.90 Å². The van der Waals surface area contributed by atoms with Crippen LogP contribution in [0.15, 0.2) is 24.3 Å². The first-order valence-electron chi connectivity index (χ1n) is 5.79. The Hall–Kier alpha value is -1.33. The fraction of sp³-hybridized carbons (Fsp3) is 0.385. The minimum absolute atomic E-state index is 0.120. The summed E-state index contributed by atoms with van der Waals surface area (Å²) >= 11 is 1.49. The minimum atomic E-state index is -0.222. The van der Waals surface area contributed by atoms with Gasteiger partial charge in [0.05, 0.1) is 17.0 Å². The van der Waals surface area contributed by atoms with Crippen molar-refractivity contribution in [3.8, 4) is 0 Å². The van der Waals surface area contributed by atoms with Gasteiger partial charge in [0.25, 0.3) is 11.8 Å². The Morgan fingerprint density at radius 1 is 1.22 bits per heavy atom. The number of carbonyl (C=O) groups is 2. The van der Waals surface area contributed by atoms with Crippen LogP contribution in [0.25, 0.3) is 0 Å². The molecule has 1 aromatic carbocycles. The predicted molar refractivity (Wildman–Crippen MR) is 70.5 cm³/mol. The van der Waals surface area contributed by atoms with Crippen LogP contribution in [0.2, 0.25) is 0 Å². The maximum absolute atomic E-state index is 12.0. The number of thioether (sulfide) groups is 1. The van der Waals surface area contributed by atoms with E-state index >= 15 is 0 Å². The molecule has 1 aliphatic rings. The summed E-state index contributed by atoms with van der Waals surface area (Å²) in [5, 5.41) is 8.91. The van der Waals surface area contributed by atoms with E-state index in [-0.39, 0.29) is 24.3 Å². The first kappa shape index (κ1) is 13.1. The van der Waals surface area contributed by atoms with Gasteiger partial charge in [-0.25, -0.2) is 0 Å². The van der Waals surface area contributed by atoms with Crippen LogP contribution in [-0.4, -0.2) is 40.1 Å². The van der Waals surface area contributed by atoms with E-state index in [0.29, 0.717) is 17.0 Å². The molecule has 4 nitrogen and oxygen atoms in total. The van der Waals surface area contributed by atoms with Crippen molar-refractivity contribution in [1.29, 1.82) is 0 Å². The fourth-order valence-electron chi connectivity index (χ4n) is 1.75. The number of rotatable bonds is 5. The number of aliphatic hydroxyl groups excluding tert-OH is 1. The van der Waals surface area contributed by atoms with E-state index < -0.39 is 0 Å². The molecule has 0 bridgehead atoms. The lowest BCUT2D eigenvalue weighted by Gasteiger charge is -2.14. The molecule has 0 aromatic heterocycles. The molecular formula is C13H15NO3S. The van der Waals surface area contributed by atoms with Gasteiger partial charge < -0.3 is 5.11 Å². The summed E-state index contributed by atoms with van der Waals surface area (Å²) in [7, 11) is 0. The Balaban J connectivity index is 2.01. The molecule has 0 saturated heterocycles. The number of imide groups is 1. The lowest BCUT2D eigenvalue weighted by molar-refractivity contribution is 0.0684. The van der Waals surface area contributed by atoms with Crippen LogP contribution >= 0.6 is 11.8 Å². The third-order valence-electron chi connectivity index (χ3n) is 2.81. The highest BCUT2D eigenvalue weighted by Gasteiger charge is 2.34. The molecule has 0 radical (unpaired) electrons. The summed E-state index contributed by atoms with van der Waals surface area (Å²) in [5.41, 5.74) is 0.969. The first-order chi connectivity index (χ1) is 8.65. The van der Waals surface area contributed by atoms with Gasteiger partial charge in [-0.15, -0.1) is 11.8 Å². The van der Waals surface area contributed by atoms with Gasteiger partial charge in [0, 0.05) is 6.61 Å². The van der Waals surface area contributed by atoms with E-state index in [1.807, 2.05) is 6.92 Å². The second kappa shape index (κ2) is 5.54. The highest BCUT2D eigenvalue weighted by molar-refractivity contribution is 7.99. The second-order valence-corrected chi connectivity index (χ2v) is 5.37. The predicted octanol–water partition coefficient (Wildman–Crippen LogP) is 1.60. The van der Waals surface area contributed by atoms with E-state index in [9.17, 15) is 9.59 Å². The highest BCUT2D eigenvalue weighted by Crippen LogP contribution is 2.24. The van der Waals surface area contributed by atoms with Crippen LogP contribution in [0, 0.1) is 5.92 Å². The van der Waals surface area contributed by atoms with Crippen LogP contribution in [0.3, 0.4) is 0 Å². The lowest BCUT2D eigenvalue weighted by atomic mass is 10.1. The van der Waals surface area contributed by atoms with E-state index in [0.717, 1.165) is 5.75 Å². The summed E-state index contributed by atoms with van der Waals surface area (Å²) in [6.45, 7) is 2.05. The molecule has 1 N–H and O–H groups in total. The Labute approximate surface area is 110 Å². The minimum Gasteiger partial charge on any atom is -0.396 e. The third-order valence-corrected chi connectivity index (χ3v) is 4.06. The molecule has 0 saturated carbocycles. The molecule has 1 unspecified atom stereocenters. The summed E-state index contributed by atoms with van der Waals surface area (Å²) < 4.78 is 0. The first-order valence-corrected chi connectivity index (χ1v) is 6.94. The molecule has 0 spiro atoms. The van der Waals surface area contributed by atoms with Crippen LogP contribution < -0.4 is 0 Å². The average molecular weight is 265 g/mol. The summed E-state index contributed by atoms with van der Waals surface area (Å²) in [6.07, 6.45) is 0. The van der Waals surface area contributed by atoms with Gasteiger partial charge in [-0.05, 0) is 23.8 Å². The van der Waals surface area contributed by atoms with Crippen molar-refractivity contribution in [3.63, 3.8) is 0 Å². The molecule has 5 heteroatoms. The van der Waals surface area contributed by atoms with Crippen LogP contribution in [0.5, 0.6) is 0 Å². The van der Waals surface area contributed by atoms with Gasteiger partial charge in [0.15, 0.2) is 0 Å². The zero-order valence-electron chi connectivity index (χ0n) is 10.1. The van der Waals surface area contributed by atoms with Crippen LogP contribution in [0.1, 0.15) is 27.6 Å². The quantitative estimate of drug-likeness (QED) is 0.822. The molecule has 2 amide bonds. The van der Waals surface area contributed by atoms with E-state index in [2.05, 4.69) is 0 Å². The summed E-state index contributed by atoms with van der Waals surface area (Å²) in [6, 6.07) is 6.87. The molecule has 0 aliphatic carbocycles. The summed E-state index contributed by atoms with van der Waals surface area (Å²) in [4.78, 5) is 25.3. The molecule has 2 rings (SSSR count). The smallest absolute Gasteiger partial charge is 0.262 e. The molecular weight excluding hydrogens is 250 g/mol. The number of fused-ring (bicyclic) bond motifs is 1. The fourth-order valence-corrected chi connectivity index (χ4v) is 2.78. The zero-order chi connectivity index (χ0) is 13.1. The number of carbonyl (C=O) groups excluding carboxylic acids is 2. The molecule has 1 atom stereocenters. The number of amides is 2. The van der Waals surface area contributed by atoms with Gasteiger partial charge in [-0.2, -0.15) is 0 Å². The number of benzene rings is 1. The van der Waals surface area contributed by atoms with E-state index in [1.54, 1.807) is 24.3 Å². The standard InChI is InChI=1S/C13H15NO3S/c1-9(6-15)7-18-8-14-12(16)10-4-2-3-5-11(10)13(14)17/h2-5,9,15H,6-8H2,1H3. The Kier molecular flexibility index (Phi) is 4.04. The number of hydrogen-bond acceptors (Lipinski definition) is 4. The lowest BCUT2D eigenvalue weighted by Crippen LogP contribution is -2.29. The number of hydrogen-bond donors (Lipinski definition) is 1. The highest BCUT2D eigenvalue weighted by atomic mass is 32.2. The number of aliphatic hydroxyl groups is 1. The van der Waals surface area contributed by atoms with Gasteiger partial charge in [0.1, 0.15) is 0 Å². The van der Waals surface area contributed by atoms with Crippen molar-refractivity contribution < 1.29 is 14.7 Å². The van der Waals surface area contributed by atoms with Gasteiger partial charge in [-0.1, -0.05) is 19.1 Å². The number of nitrogens with zero attached hydrogens (tertiary/aromatic N) is 1. The Bertz CT molecular complexity index is 440. The third kappa shape index (κ3) is 2.42.